The van der Waals surface area contributed by atoms with Crippen molar-refractivity contribution in [1.29, 1.82) is 0 Å². The molecule has 7 heteroatoms. The Morgan fingerprint density at radius 3 is 2.81 bits per heavy atom. The number of carbonyl (C=O) groups is 1. The Hall–Kier alpha value is -2.41. The van der Waals surface area contributed by atoms with E-state index in [0.29, 0.717) is 10.7 Å². The number of amides is 1. The minimum absolute atomic E-state index is 0.164. The number of hydrogen-bond donors (Lipinski definition) is 2. The van der Waals surface area contributed by atoms with Gasteiger partial charge in [0.05, 0.1) is 27.3 Å². The van der Waals surface area contributed by atoms with Crippen LogP contribution in [0.2, 0.25) is 0 Å². The Kier molecular flexibility index (Phi) is 3.13. The molecule has 0 aliphatic rings. The van der Waals surface area contributed by atoms with Crippen molar-refractivity contribution in [1.82, 2.24) is 14.8 Å². The van der Waals surface area contributed by atoms with Crippen molar-refractivity contribution < 1.29 is 4.79 Å². The van der Waals surface area contributed by atoms with E-state index in [4.69, 9.17) is 5.73 Å². The van der Waals surface area contributed by atoms with Crippen LogP contribution in [-0.4, -0.2) is 20.7 Å². The lowest BCUT2D eigenvalue weighted by Crippen LogP contribution is -2.13. The van der Waals surface area contributed by atoms with Crippen molar-refractivity contribution >= 4 is 38.3 Å². The standard InChI is InChI=1S/C14H15N5OS/c1-7-12(8(2)19(3)18-7)17-13(20)9-4-5-10-11(6-9)21-14(15)16-10/h4-6H,1-3H3,(H2,15,16)(H,17,20). The van der Waals surface area contributed by atoms with E-state index in [2.05, 4.69) is 15.4 Å². The number of carbonyl (C=O) groups excluding carboxylic acids is 1. The van der Waals surface area contributed by atoms with E-state index in [-0.39, 0.29) is 5.91 Å². The van der Waals surface area contributed by atoms with Gasteiger partial charge < -0.3 is 11.1 Å². The largest absolute Gasteiger partial charge is 0.375 e. The number of nitrogens with two attached hydrogens (primary N) is 1. The van der Waals surface area contributed by atoms with Crippen molar-refractivity contribution in [2.24, 2.45) is 7.05 Å². The number of rotatable bonds is 2. The predicted octanol–water partition coefficient (Wildman–Crippen LogP) is 2.48. The van der Waals surface area contributed by atoms with Crippen molar-refractivity contribution in [2.75, 3.05) is 11.1 Å². The molecular formula is C14H15N5OS. The molecule has 0 bridgehead atoms. The first-order valence-electron chi connectivity index (χ1n) is 6.43. The summed E-state index contributed by atoms with van der Waals surface area (Å²) in [6.07, 6.45) is 0. The molecule has 0 atom stereocenters. The van der Waals surface area contributed by atoms with Gasteiger partial charge in [-0.05, 0) is 32.0 Å². The first-order valence-corrected chi connectivity index (χ1v) is 7.25. The zero-order valence-electron chi connectivity index (χ0n) is 12.0. The minimum Gasteiger partial charge on any atom is -0.375 e. The Morgan fingerprint density at radius 1 is 1.38 bits per heavy atom. The molecule has 0 aliphatic heterocycles. The van der Waals surface area contributed by atoms with E-state index < -0.39 is 0 Å². The SMILES string of the molecule is Cc1nn(C)c(C)c1NC(=O)c1ccc2nc(N)sc2c1. The lowest BCUT2D eigenvalue weighted by atomic mass is 10.2. The van der Waals surface area contributed by atoms with Crippen molar-refractivity contribution in [3.63, 3.8) is 0 Å². The van der Waals surface area contributed by atoms with Gasteiger partial charge in [-0.1, -0.05) is 11.3 Å². The summed E-state index contributed by atoms with van der Waals surface area (Å²) in [6, 6.07) is 5.36. The van der Waals surface area contributed by atoms with Crippen LogP contribution in [0.25, 0.3) is 10.2 Å². The van der Waals surface area contributed by atoms with Gasteiger partial charge in [0.2, 0.25) is 0 Å². The fourth-order valence-corrected chi connectivity index (χ4v) is 3.00. The number of nitrogen functional groups attached to an aromatic ring is 1. The summed E-state index contributed by atoms with van der Waals surface area (Å²) in [5.41, 5.74) is 9.54. The minimum atomic E-state index is -0.164. The second kappa shape index (κ2) is 4.85. The molecule has 21 heavy (non-hydrogen) atoms. The number of anilines is 2. The summed E-state index contributed by atoms with van der Waals surface area (Å²) >= 11 is 1.37. The molecule has 0 aliphatic carbocycles. The molecule has 0 fully saturated rings. The van der Waals surface area contributed by atoms with E-state index in [0.717, 1.165) is 27.3 Å². The molecule has 3 aromatic rings. The molecular weight excluding hydrogens is 286 g/mol. The van der Waals surface area contributed by atoms with Crippen LogP contribution in [0.3, 0.4) is 0 Å². The highest BCUT2D eigenvalue weighted by atomic mass is 32.1. The van der Waals surface area contributed by atoms with E-state index >= 15 is 0 Å². The third kappa shape index (κ3) is 2.36. The molecule has 108 valence electrons. The maximum Gasteiger partial charge on any atom is 0.255 e. The van der Waals surface area contributed by atoms with Crippen molar-refractivity contribution in [3.8, 4) is 0 Å². The van der Waals surface area contributed by atoms with Gasteiger partial charge in [0.15, 0.2) is 5.13 Å². The van der Waals surface area contributed by atoms with E-state index in [9.17, 15) is 4.79 Å². The number of hydrogen-bond acceptors (Lipinski definition) is 5. The highest BCUT2D eigenvalue weighted by Gasteiger charge is 2.14. The molecule has 0 unspecified atom stereocenters. The maximum absolute atomic E-state index is 12.4. The molecule has 6 nitrogen and oxygen atoms in total. The molecule has 0 radical (unpaired) electrons. The summed E-state index contributed by atoms with van der Waals surface area (Å²) in [6.45, 7) is 3.79. The molecule has 1 aromatic carbocycles. The smallest absolute Gasteiger partial charge is 0.255 e. The molecule has 3 rings (SSSR count). The van der Waals surface area contributed by atoms with E-state index in [1.165, 1.54) is 11.3 Å². The number of thiazole rings is 1. The molecule has 0 spiro atoms. The number of aromatic nitrogens is 3. The lowest BCUT2D eigenvalue weighted by molar-refractivity contribution is 0.102. The van der Waals surface area contributed by atoms with Crippen LogP contribution < -0.4 is 11.1 Å². The van der Waals surface area contributed by atoms with Gasteiger partial charge in [-0.3, -0.25) is 9.48 Å². The number of aryl methyl sites for hydroxylation is 2. The highest BCUT2D eigenvalue weighted by molar-refractivity contribution is 7.22. The van der Waals surface area contributed by atoms with E-state index in [1.807, 2.05) is 20.9 Å². The number of nitrogens with zero attached hydrogens (tertiary/aromatic N) is 3. The van der Waals surface area contributed by atoms with Gasteiger partial charge in [0.25, 0.3) is 5.91 Å². The second-order valence-corrected chi connectivity index (χ2v) is 5.92. The average Bonchev–Trinajstić information content (AvgIpc) is 2.91. The van der Waals surface area contributed by atoms with Crippen LogP contribution >= 0.6 is 11.3 Å². The average molecular weight is 301 g/mol. The van der Waals surface area contributed by atoms with Crippen LogP contribution in [0.5, 0.6) is 0 Å². The van der Waals surface area contributed by atoms with Gasteiger partial charge in [-0.2, -0.15) is 5.10 Å². The maximum atomic E-state index is 12.4. The van der Waals surface area contributed by atoms with Crippen LogP contribution in [0.4, 0.5) is 10.8 Å². The van der Waals surface area contributed by atoms with Crippen molar-refractivity contribution in [2.45, 2.75) is 13.8 Å². The van der Waals surface area contributed by atoms with Crippen molar-refractivity contribution in [3.05, 3.63) is 35.2 Å². The molecule has 2 aromatic heterocycles. The summed E-state index contributed by atoms with van der Waals surface area (Å²) in [5, 5.41) is 7.71. The zero-order valence-corrected chi connectivity index (χ0v) is 12.8. The summed E-state index contributed by atoms with van der Waals surface area (Å²) in [4.78, 5) is 16.6. The van der Waals surface area contributed by atoms with Gasteiger partial charge >= 0.3 is 0 Å². The van der Waals surface area contributed by atoms with Crippen LogP contribution in [0, 0.1) is 13.8 Å². The second-order valence-electron chi connectivity index (χ2n) is 4.86. The Labute approximate surface area is 125 Å². The topological polar surface area (TPSA) is 85.8 Å². The Bertz CT molecular complexity index is 849. The predicted molar refractivity (Wildman–Crippen MR) is 84.7 cm³/mol. The molecule has 1 amide bonds. The first-order chi connectivity index (χ1) is 9.95. The number of benzene rings is 1. The molecule has 0 saturated carbocycles. The van der Waals surface area contributed by atoms with Gasteiger partial charge in [0.1, 0.15) is 0 Å². The fraction of sp³-hybridized carbons (Fsp3) is 0.214. The highest BCUT2D eigenvalue weighted by Crippen LogP contribution is 2.25. The van der Waals surface area contributed by atoms with Gasteiger partial charge in [-0.15, -0.1) is 0 Å². The summed E-state index contributed by atoms with van der Waals surface area (Å²) in [5.74, 6) is -0.164. The Balaban J connectivity index is 1.93. The van der Waals surface area contributed by atoms with E-state index in [1.54, 1.807) is 22.9 Å². The zero-order chi connectivity index (χ0) is 15.1. The molecule has 3 N–H and O–H groups in total. The number of fused-ring (bicyclic) bond motifs is 1. The fourth-order valence-electron chi connectivity index (χ4n) is 2.22. The normalized spacial score (nSPS) is 11.0. The molecule has 2 heterocycles. The van der Waals surface area contributed by atoms with Crippen LogP contribution in [0.15, 0.2) is 18.2 Å². The first kappa shape index (κ1) is 13.6. The lowest BCUT2D eigenvalue weighted by Gasteiger charge is -2.05. The Morgan fingerprint density at radius 2 is 2.14 bits per heavy atom. The monoisotopic (exact) mass is 301 g/mol. The number of nitrogens with one attached hydrogen (secondary N) is 1. The van der Waals surface area contributed by atoms with Gasteiger partial charge in [0, 0.05) is 12.6 Å². The van der Waals surface area contributed by atoms with Crippen LogP contribution in [-0.2, 0) is 7.05 Å². The van der Waals surface area contributed by atoms with Crippen LogP contribution in [0.1, 0.15) is 21.7 Å². The third-order valence-electron chi connectivity index (χ3n) is 3.41. The third-order valence-corrected chi connectivity index (χ3v) is 4.26. The quantitative estimate of drug-likeness (QED) is 0.761. The summed E-state index contributed by atoms with van der Waals surface area (Å²) in [7, 11) is 1.85. The van der Waals surface area contributed by atoms with Gasteiger partial charge in [-0.25, -0.2) is 4.98 Å². The summed E-state index contributed by atoms with van der Waals surface area (Å²) < 4.78 is 2.65. The molecule has 0 saturated heterocycles.